The summed E-state index contributed by atoms with van der Waals surface area (Å²) in [5.41, 5.74) is 3.11. The van der Waals surface area contributed by atoms with Gasteiger partial charge >= 0.3 is 0 Å². The first-order valence-corrected chi connectivity index (χ1v) is 8.91. The molecule has 1 saturated carbocycles. The van der Waals surface area contributed by atoms with E-state index in [0.717, 1.165) is 25.6 Å². The molecule has 1 aromatic rings. The van der Waals surface area contributed by atoms with E-state index in [0.29, 0.717) is 5.41 Å². The van der Waals surface area contributed by atoms with Crippen molar-refractivity contribution in [2.75, 3.05) is 38.6 Å². The number of nitrogens with zero attached hydrogens (tertiary/aromatic N) is 3. The van der Waals surface area contributed by atoms with Gasteiger partial charge in [0.25, 0.3) is 0 Å². The predicted octanol–water partition coefficient (Wildman–Crippen LogP) is 3.09. The fraction of sp³-hybridized carbons (Fsp3) is 0.632. The van der Waals surface area contributed by atoms with Crippen molar-refractivity contribution >= 4 is 11.6 Å². The standard InChI is InChI=1S/C19H30N4/c1-4-20-18(23-13-12-19(15-23)10-5-11-19)21-14-16-6-8-17(9-7-16)22(2)3/h6-9H,4-5,10-15H2,1-3H3,(H,20,21). The molecule has 0 aromatic heterocycles. The predicted molar refractivity (Wildman–Crippen MR) is 98.1 cm³/mol. The summed E-state index contributed by atoms with van der Waals surface area (Å²) >= 11 is 0. The molecule has 4 nitrogen and oxygen atoms in total. The van der Waals surface area contributed by atoms with E-state index in [1.165, 1.54) is 43.5 Å². The number of benzene rings is 1. The fourth-order valence-electron chi connectivity index (χ4n) is 3.69. The van der Waals surface area contributed by atoms with E-state index in [2.05, 4.69) is 60.4 Å². The van der Waals surface area contributed by atoms with E-state index < -0.39 is 0 Å². The lowest BCUT2D eigenvalue weighted by Gasteiger charge is -2.38. The maximum Gasteiger partial charge on any atom is 0.194 e. The number of anilines is 1. The number of nitrogens with one attached hydrogen (secondary N) is 1. The highest BCUT2D eigenvalue weighted by Crippen LogP contribution is 2.47. The third-order valence-electron chi connectivity index (χ3n) is 5.35. The molecule has 2 aliphatic rings. The maximum absolute atomic E-state index is 4.88. The Kier molecular flexibility index (Phi) is 4.79. The van der Waals surface area contributed by atoms with Gasteiger partial charge in [-0.25, -0.2) is 4.99 Å². The SMILES string of the molecule is CCNC(=NCc1ccc(N(C)C)cc1)N1CCC2(CCC2)C1. The van der Waals surface area contributed by atoms with Gasteiger partial charge in [0.1, 0.15) is 0 Å². The van der Waals surface area contributed by atoms with Crippen molar-refractivity contribution in [3.63, 3.8) is 0 Å². The van der Waals surface area contributed by atoms with Gasteiger partial charge in [-0.3, -0.25) is 0 Å². The Morgan fingerprint density at radius 1 is 1.22 bits per heavy atom. The van der Waals surface area contributed by atoms with Gasteiger partial charge in [0.15, 0.2) is 5.96 Å². The van der Waals surface area contributed by atoms with Crippen molar-refractivity contribution in [3.8, 4) is 0 Å². The van der Waals surface area contributed by atoms with Crippen LogP contribution in [0.1, 0.15) is 38.2 Å². The summed E-state index contributed by atoms with van der Waals surface area (Å²) in [6.45, 7) is 6.18. The molecule has 23 heavy (non-hydrogen) atoms. The van der Waals surface area contributed by atoms with Crippen LogP contribution >= 0.6 is 0 Å². The first-order valence-electron chi connectivity index (χ1n) is 8.91. The van der Waals surface area contributed by atoms with E-state index in [9.17, 15) is 0 Å². The molecule has 0 radical (unpaired) electrons. The van der Waals surface area contributed by atoms with Gasteiger partial charge in [0.05, 0.1) is 6.54 Å². The molecular weight excluding hydrogens is 284 g/mol. The number of guanidine groups is 1. The second kappa shape index (κ2) is 6.81. The van der Waals surface area contributed by atoms with Crippen molar-refractivity contribution in [1.82, 2.24) is 10.2 Å². The largest absolute Gasteiger partial charge is 0.378 e. The highest BCUT2D eigenvalue weighted by atomic mass is 15.3. The Bertz CT molecular complexity index is 543. The van der Waals surface area contributed by atoms with Crippen LogP contribution < -0.4 is 10.2 Å². The van der Waals surface area contributed by atoms with Gasteiger partial charge in [0.2, 0.25) is 0 Å². The number of aliphatic imine (C=N–C) groups is 1. The quantitative estimate of drug-likeness (QED) is 0.684. The molecule has 1 aliphatic carbocycles. The molecule has 1 saturated heterocycles. The van der Waals surface area contributed by atoms with E-state index in [1.54, 1.807) is 0 Å². The van der Waals surface area contributed by atoms with E-state index in [4.69, 9.17) is 4.99 Å². The highest BCUT2D eigenvalue weighted by Gasteiger charge is 2.43. The Balaban J connectivity index is 1.64. The molecule has 1 aliphatic heterocycles. The van der Waals surface area contributed by atoms with Gasteiger partial charge in [-0.2, -0.15) is 0 Å². The van der Waals surface area contributed by atoms with Crippen LogP contribution in [0.5, 0.6) is 0 Å². The Morgan fingerprint density at radius 2 is 1.96 bits per heavy atom. The van der Waals surface area contributed by atoms with Crippen LogP contribution in [-0.4, -0.2) is 44.6 Å². The topological polar surface area (TPSA) is 30.9 Å². The Hall–Kier alpha value is -1.71. The number of hydrogen-bond acceptors (Lipinski definition) is 2. The van der Waals surface area contributed by atoms with E-state index in [-0.39, 0.29) is 0 Å². The van der Waals surface area contributed by atoms with Gasteiger partial charge in [0, 0.05) is 39.4 Å². The Morgan fingerprint density at radius 3 is 2.48 bits per heavy atom. The zero-order valence-electron chi connectivity index (χ0n) is 14.8. The number of likely N-dealkylation sites (tertiary alicyclic amines) is 1. The lowest BCUT2D eigenvalue weighted by Crippen LogP contribution is -2.42. The van der Waals surface area contributed by atoms with Gasteiger partial charge in [-0.05, 0) is 49.3 Å². The molecule has 2 fully saturated rings. The summed E-state index contributed by atoms with van der Waals surface area (Å²) in [6.07, 6.45) is 5.58. The van der Waals surface area contributed by atoms with Gasteiger partial charge < -0.3 is 15.1 Å². The summed E-state index contributed by atoms with van der Waals surface area (Å²) in [5, 5.41) is 3.48. The van der Waals surface area contributed by atoms with Crippen LogP contribution in [0, 0.1) is 5.41 Å². The minimum absolute atomic E-state index is 0.615. The lowest BCUT2D eigenvalue weighted by molar-refractivity contribution is 0.151. The normalized spacial score (nSPS) is 19.8. The van der Waals surface area contributed by atoms with Crippen LogP contribution in [0.4, 0.5) is 5.69 Å². The molecule has 3 rings (SSSR count). The maximum atomic E-state index is 4.88. The summed E-state index contributed by atoms with van der Waals surface area (Å²) in [6, 6.07) is 8.69. The summed E-state index contributed by atoms with van der Waals surface area (Å²) < 4.78 is 0. The van der Waals surface area contributed by atoms with Crippen LogP contribution in [-0.2, 0) is 6.54 Å². The van der Waals surface area contributed by atoms with Crippen molar-refractivity contribution in [2.24, 2.45) is 10.4 Å². The molecule has 0 unspecified atom stereocenters. The van der Waals surface area contributed by atoms with E-state index >= 15 is 0 Å². The second-order valence-corrected chi connectivity index (χ2v) is 7.26. The monoisotopic (exact) mass is 314 g/mol. The lowest BCUT2D eigenvalue weighted by atomic mass is 9.68. The molecular formula is C19H30N4. The molecule has 1 aromatic carbocycles. The van der Waals surface area contributed by atoms with Crippen molar-refractivity contribution in [2.45, 2.75) is 39.2 Å². The molecule has 0 bridgehead atoms. The molecule has 126 valence electrons. The van der Waals surface area contributed by atoms with Crippen LogP contribution in [0.3, 0.4) is 0 Å². The molecule has 1 spiro atoms. The number of hydrogen-bond donors (Lipinski definition) is 1. The van der Waals surface area contributed by atoms with Crippen LogP contribution in [0.25, 0.3) is 0 Å². The summed E-state index contributed by atoms with van der Waals surface area (Å²) in [4.78, 5) is 9.48. The highest BCUT2D eigenvalue weighted by molar-refractivity contribution is 5.80. The fourth-order valence-corrected chi connectivity index (χ4v) is 3.69. The van der Waals surface area contributed by atoms with Crippen molar-refractivity contribution < 1.29 is 0 Å². The van der Waals surface area contributed by atoms with E-state index in [1.807, 2.05) is 0 Å². The summed E-state index contributed by atoms with van der Waals surface area (Å²) in [5.74, 6) is 1.09. The van der Waals surface area contributed by atoms with Crippen molar-refractivity contribution in [3.05, 3.63) is 29.8 Å². The number of rotatable bonds is 4. The molecule has 4 heteroatoms. The average molecular weight is 314 g/mol. The molecule has 1 N–H and O–H groups in total. The molecule has 0 atom stereocenters. The van der Waals surface area contributed by atoms with Crippen LogP contribution in [0.15, 0.2) is 29.3 Å². The third kappa shape index (κ3) is 3.62. The van der Waals surface area contributed by atoms with Gasteiger partial charge in [-0.1, -0.05) is 18.6 Å². The average Bonchev–Trinajstić information content (AvgIpc) is 2.97. The molecule has 0 amide bonds. The first kappa shape index (κ1) is 16.2. The second-order valence-electron chi connectivity index (χ2n) is 7.26. The molecule has 1 heterocycles. The zero-order valence-corrected chi connectivity index (χ0v) is 14.8. The zero-order chi connectivity index (χ0) is 16.3. The minimum Gasteiger partial charge on any atom is -0.378 e. The van der Waals surface area contributed by atoms with Gasteiger partial charge in [-0.15, -0.1) is 0 Å². The first-order chi connectivity index (χ1) is 11.1. The minimum atomic E-state index is 0.615. The smallest absolute Gasteiger partial charge is 0.194 e. The summed E-state index contributed by atoms with van der Waals surface area (Å²) in [7, 11) is 4.14. The Labute approximate surface area is 140 Å². The third-order valence-corrected chi connectivity index (χ3v) is 5.35. The van der Waals surface area contributed by atoms with Crippen LogP contribution in [0.2, 0.25) is 0 Å². The van der Waals surface area contributed by atoms with Crippen molar-refractivity contribution in [1.29, 1.82) is 0 Å².